The van der Waals surface area contributed by atoms with Gasteiger partial charge < -0.3 is 20.1 Å². The number of carbonyl (C=O) groups is 2. The Hall–Kier alpha value is -2.43. The van der Waals surface area contributed by atoms with Crippen LogP contribution in [0.3, 0.4) is 0 Å². The van der Waals surface area contributed by atoms with E-state index < -0.39 is 22.0 Å². The average Bonchev–Trinajstić information content (AvgIpc) is 2.95. The van der Waals surface area contributed by atoms with Crippen molar-refractivity contribution >= 4 is 32.9 Å². The minimum absolute atomic E-state index is 0.0116. The van der Waals surface area contributed by atoms with Gasteiger partial charge in [0.1, 0.15) is 0 Å². The molecule has 0 saturated heterocycles. The van der Waals surface area contributed by atoms with Gasteiger partial charge in [-0.25, -0.2) is 22.7 Å². The Morgan fingerprint density at radius 3 is 2.31 bits per heavy atom. The number of sulfonamides is 1. The number of benzene rings is 1. The summed E-state index contributed by atoms with van der Waals surface area (Å²) in [6.45, 7) is 0.964. The Morgan fingerprint density at radius 1 is 1.19 bits per heavy atom. The first-order chi connectivity index (χ1) is 12.1. The minimum atomic E-state index is -3.23. The molecule has 26 heavy (non-hydrogen) atoms. The normalized spacial score (nSPS) is 11.2. The molecule has 0 spiro atoms. The Labute approximate surface area is 151 Å². The molecule has 2 aromatic rings. The molecule has 0 bridgehead atoms. The predicted molar refractivity (Wildman–Crippen MR) is 97.5 cm³/mol. The maximum Gasteiger partial charge on any atom is 0.414 e. The third-order valence-corrected chi connectivity index (χ3v) is 4.85. The third kappa shape index (κ3) is 6.82. The lowest BCUT2D eigenvalue weighted by atomic mass is 10.1. The first-order valence-electron chi connectivity index (χ1n) is 7.66. The van der Waals surface area contributed by atoms with Crippen LogP contribution in [0.2, 0.25) is 0 Å². The molecule has 0 unspecified atom stereocenters. The number of nitrogens with zero attached hydrogens (tertiary/aromatic N) is 1. The fourth-order valence-corrected chi connectivity index (χ4v) is 2.92. The molecule has 4 N–H and O–H groups in total. The molecular weight excluding hydrogens is 362 g/mol. The number of rotatable bonds is 6. The van der Waals surface area contributed by atoms with Crippen LogP contribution in [0.15, 0.2) is 24.4 Å². The van der Waals surface area contributed by atoms with Gasteiger partial charge in [-0.05, 0) is 50.8 Å². The van der Waals surface area contributed by atoms with E-state index in [-0.39, 0.29) is 5.75 Å². The molecule has 1 aromatic heterocycles. The second kappa shape index (κ2) is 9.32. The molecule has 1 heterocycles. The molecule has 0 aliphatic carbocycles. The molecule has 9 nitrogen and oxygen atoms in total. The smallest absolute Gasteiger partial charge is 0.414 e. The monoisotopic (exact) mass is 385 g/mol. The highest BCUT2D eigenvalue weighted by molar-refractivity contribution is 7.88. The molecule has 0 fully saturated rings. The largest absolute Gasteiger partial charge is 0.473 e. The highest BCUT2D eigenvalue weighted by atomic mass is 32.2. The molecule has 0 radical (unpaired) electrons. The van der Waals surface area contributed by atoms with E-state index in [0.29, 0.717) is 0 Å². The van der Waals surface area contributed by atoms with Crippen molar-refractivity contribution < 1.29 is 28.2 Å². The number of hydrogen-bond donors (Lipinski definition) is 4. The van der Waals surface area contributed by atoms with Crippen LogP contribution in [0.5, 0.6) is 0 Å². The Balaban J connectivity index is 0.000000487. The molecule has 0 atom stereocenters. The molecule has 144 valence electrons. The lowest BCUT2D eigenvalue weighted by Gasteiger charge is -2.08. The summed E-state index contributed by atoms with van der Waals surface area (Å²) in [5.74, 6) is -3.64. The van der Waals surface area contributed by atoms with Crippen LogP contribution in [0.1, 0.15) is 11.1 Å². The first-order valence-corrected chi connectivity index (χ1v) is 9.32. The van der Waals surface area contributed by atoms with Gasteiger partial charge in [0.2, 0.25) is 10.0 Å². The number of aromatic nitrogens is 1. The van der Waals surface area contributed by atoms with Crippen molar-refractivity contribution in [2.45, 2.75) is 12.2 Å². The van der Waals surface area contributed by atoms with Crippen LogP contribution < -0.4 is 4.72 Å². The van der Waals surface area contributed by atoms with Crippen LogP contribution in [0.25, 0.3) is 10.9 Å². The summed E-state index contributed by atoms with van der Waals surface area (Å²) >= 11 is 0. The number of likely N-dealkylation sites (N-methyl/N-ethyl adjacent to an activating group) is 1. The number of fused-ring (bicyclic) bond motifs is 1. The first kappa shape index (κ1) is 21.6. The number of carboxylic acid groups (broad SMARTS) is 2. The van der Waals surface area contributed by atoms with E-state index in [0.717, 1.165) is 29.4 Å². The Bertz CT molecular complexity index is 861. The summed E-state index contributed by atoms with van der Waals surface area (Å²) in [5, 5.41) is 15.9. The molecule has 0 aliphatic rings. The summed E-state index contributed by atoms with van der Waals surface area (Å²) in [6, 6.07) is 5.75. The van der Waals surface area contributed by atoms with Gasteiger partial charge in [0.05, 0.1) is 5.75 Å². The van der Waals surface area contributed by atoms with E-state index in [9.17, 15) is 8.42 Å². The van der Waals surface area contributed by atoms with Crippen molar-refractivity contribution in [1.29, 1.82) is 0 Å². The number of aliphatic carboxylic acids is 2. The molecular formula is C16H23N3O6S. The van der Waals surface area contributed by atoms with Crippen LogP contribution in [-0.4, -0.2) is 68.1 Å². The quantitative estimate of drug-likeness (QED) is 0.530. The standard InChI is InChI=1S/C14H21N3O2S.C2H2O4/c1-15-20(18,19)10-11-4-5-14-13(8-11)12(9-16-14)6-7-17(2)3;3-1(4)2(5)6/h4-5,8-9,15-16H,6-7,10H2,1-3H3;(H,3,4)(H,5,6). The lowest BCUT2D eigenvalue weighted by Crippen LogP contribution is -2.20. The average molecular weight is 385 g/mol. The SMILES string of the molecule is CNS(=O)(=O)Cc1ccc2[nH]cc(CCN(C)C)c2c1.O=C(O)C(=O)O. The minimum Gasteiger partial charge on any atom is -0.473 e. The van der Waals surface area contributed by atoms with E-state index >= 15 is 0 Å². The zero-order valence-electron chi connectivity index (χ0n) is 14.8. The van der Waals surface area contributed by atoms with E-state index in [1.165, 1.54) is 12.6 Å². The zero-order chi connectivity index (χ0) is 19.9. The summed E-state index contributed by atoms with van der Waals surface area (Å²) in [6.07, 6.45) is 2.94. The lowest BCUT2D eigenvalue weighted by molar-refractivity contribution is -0.159. The van der Waals surface area contributed by atoms with Crippen molar-refractivity contribution in [3.8, 4) is 0 Å². The van der Waals surface area contributed by atoms with Crippen LogP contribution in [-0.2, 0) is 31.8 Å². The fraction of sp³-hybridized carbons (Fsp3) is 0.375. The highest BCUT2D eigenvalue weighted by Gasteiger charge is 2.11. The van der Waals surface area contributed by atoms with Crippen molar-refractivity contribution in [3.05, 3.63) is 35.5 Å². The third-order valence-electron chi connectivity index (χ3n) is 3.51. The molecule has 1 aromatic carbocycles. The van der Waals surface area contributed by atoms with E-state index in [1.54, 1.807) is 0 Å². The van der Waals surface area contributed by atoms with E-state index in [2.05, 4.69) is 14.6 Å². The van der Waals surface area contributed by atoms with Crippen molar-refractivity contribution in [2.75, 3.05) is 27.7 Å². The molecule has 2 rings (SSSR count). The van der Waals surface area contributed by atoms with Crippen LogP contribution in [0.4, 0.5) is 0 Å². The topological polar surface area (TPSA) is 140 Å². The highest BCUT2D eigenvalue weighted by Crippen LogP contribution is 2.21. The summed E-state index contributed by atoms with van der Waals surface area (Å²) in [7, 11) is 2.29. The number of nitrogens with one attached hydrogen (secondary N) is 2. The zero-order valence-corrected chi connectivity index (χ0v) is 15.6. The summed E-state index contributed by atoms with van der Waals surface area (Å²) < 4.78 is 25.6. The van der Waals surface area contributed by atoms with Crippen molar-refractivity contribution in [2.24, 2.45) is 0 Å². The maximum atomic E-state index is 11.6. The van der Waals surface area contributed by atoms with Gasteiger partial charge in [-0.3, -0.25) is 0 Å². The van der Waals surface area contributed by atoms with Gasteiger partial charge in [0, 0.05) is 23.6 Å². The predicted octanol–water partition coefficient (Wildman–Crippen LogP) is 0.477. The maximum absolute atomic E-state index is 11.6. The number of carboxylic acids is 2. The van der Waals surface area contributed by atoms with E-state index in [4.69, 9.17) is 19.8 Å². The number of aromatic amines is 1. The molecule has 10 heteroatoms. The fourth-order valence-electron chi connectivity index (χ4n) is 2.16. The van der Waals surface area contributed by atoms with Gasteiger partial charge in [0.25, 0.3) is 0 Å². The number of hydrogen-bond acceptors (Lipinski definition) is 5. The van der Waals surface area contributed by atoms with Gasteiger partial charge in [0.15, 0.2) is 0 Å². The molecule has 0 aliphatic heterocycles. The summed E-state index contributed by atoms with van der Waals surface area (Å²) in [5.41, 5.74) is 3.07. The molecule has 0 saturated carbocycles. The molecule has 0 amide bonds. The second-order valence-electron chi connectivity index (χ2n) is 5.82. The van der Waals surface area contributed by atoms with Crippen LogP contribution >= 0.6 is 0 Å². The van der Waals surface area contributed by atoms with Crippen molar-refractivity contribution in [3.63, 3.8) is 0 Å². The van der Waals surface area contributed by atoms with Gasteiger partial charge in [-0.15, -0.1) is 0 Å². The van der Waals surface area contributed by atoms with Crippen LogP contribution in [0, 0.1) is 0 Å². The second-order valence-corrected chi connectivity index (χ2v) is 7.75. The van der Waals surface area contributed by atoms with Gasteiger partial charge in [-0.2, -0.15) is 0 Å². The van der Waals surface area contributed by atoms with Crippen molar-refractivity contribution in [1.82, 2.24) is 14.6 Å². The Morgan fingerprint density at radius 2 is 1.81 bits per heavy atom. The Kier molecular flexibility index (Phi) is 7.75. The number of H-pyrrole nitrogens is 1. The van der Waals surface area contributed by atoms with E-state index in [1.807, 2.05) is 38.5 Å². The summed E-state index contributed by atoms with van der Waals surface area (Å²) in [4.78, 5) is 23.6. The van der Waals surface area contributed by atoms with Gasteiger partial charge in [-0.1, -0.05) is 6.07 Å². The van der Waals surface area contributed by atoms with Gasteiger partial charge >= 0.3 is 11.9 Å².